The SMILES string of the molecule is CNCCc1ccc(S(=O)(=O)NCCc2ncc[nH]2)cc1. The van der Waals surface area contributed by atoms with E-state index in [1.54, 1.807) is 24.5 Å². The van der Waals surface area contributed by atoms with E-state index >= 15 is 0 Å². The number of hydrogen-bond donors (Lipinski definition) is 3. The summed E-state index contributed by atoms with van der Waals surface area (Å²) < 4.78 is 26.8. The predicted octanol–water partition coefficient (Wildman–Crippen LogP) is 0.693. The van der Waals surface area contributed by atoms with Crippen LogP contribution in [0.1, 0.15) is 11.4 Å². The highest BCUT2D eigenvalue weighted by Gasteiger charge is 2.13. The Bertz CT molecular complexity index is 636. The summed E-state index contributed by atoms with van der Waals surface area (Å²) in [5.74, 6) is 0.764. The summed E-state index contributed by atoms with van der Waals surface area (Å²) in [6.45, 7) is 1.19. The van der Waals surface area contributed by atoms with Gasteiger partial charge < -0.3 is 10.3 Å². The highest BCUT2D eigenvalue weighted by molar-refractivity contribution is 7.89. The molecule has 0 bridgehead atoms. The number of imidazole rings is 1. The molecule has 3 N–H and O–H groups in total. The highest BCUT2D eigenvalue weighted by atomic mass is 32.2. The number of nitrogens with one attached hydrogen (secondary N) is 3. The summed E-state index contributed by atoms with van der Waals surface area (Å²) in [6.07, 6.45) is 4.77. The molecule has 0 aliphatic carbocycles. The molecule has 1 aromatic carbocycles. The van der Waals surface area contributed by atoms with Crippen molar-refractivity contribution in [1.29, 1.82) is 0 Å². The molecule has 0 fully saturated rings. The summed E-state index contributed by atoms with van der Waals surface area (Å²) in [4.78, 5) is 7.28. The maximum absolute atomic E-state index is 12.1. The third-order valence-electron chi connectivity index (χ3n) is 3.11. The van der Waals surface area contributed by atoms with Crippen molar-refractivity contribution in [2.75, 3.05) is 20.1 Å². The van der Waals surface area contributed by atoms with Crippen molar-refractivity contribution < 1.29 is 8.42 Å². The number of aromatic nitrogens is 2. The van der Waals surface area contributed by atoms with E-state index in [-0.39, 0.29) is 4.90 Å². The Morgan fingerprint density at radius 1 is 1.14 bits per heavy atom. The molecule has 0 radical (unpaired) electrons. The van der Waals surface area contributed by atoms with Gasteiger partial charge in [-0.3, -0.25) is 0 Å². The van der Waals surface area contributed by atoms with E-state index in [0.717, 1.165) is 24.4 Å². The first kappa shape index (κ1) is 15.7. The van der Waals surface area contributed by atoms with Crippen LogP contribution in [0.25, 0.3) is 0 Å². The Morgan fingerprint density at radius 2 is 1.90 bits per heavy atom. The van der Waals surface area contributed by atoms with Gasteiger partial charge in [-0.15, -0.1) is 0 Å². The lowest BCUT2D eigenvalue weighted by molar-refractivity contribution is 0.581. The largest absolute Gasteiger partial charge is 0.349 e. The fourth-order valence-corrected chi connectivity index (χ4v) is 2.96. The van der Waals surface area contributed by atoms with Crippen LogP contribution in [-0.4, -0.2) is 38.5 Å². The van der Waals surface area contributed by atoms with Crippen molar-refractivity contribution in [2.24, 2.45) is 0 Å². The second-order valence-corrected chi connectivity index (χ2v) is 6.45. The smallest absolute Gasteiger partial charge is 0.240 e. The number of hydrogen-bond acceptors (Lipinski definition) is 4. The zero-order chi connectivity index (χ0) is 15.1. The van der Waals surface area contributed by atoms with Gasteiger partial charge in [0.05, 0.1) is 4.90 Å². The van der Waals surface area contributed by atoms with Crippen molar-refractivity contribution in [3.63, 3.8) is 0 Å². The summed E-state index contributed by atoms with van der Waals surface area (Å²) in [5.41, 5.74) is 1.11. The normalized spacial score (nSPS) is 11.7. The van der Waals surface area contributed by atoms with Crippen LogP contribution in [0.3, 0.4) is 0 Å². The highest BCUT2D eigenvalue weighted by Crippen LogP contribution is 2.10. The molecule has 0 amide bonds. The van der Waals surface area contributed by atoms with E-state index in [1.165, 1.54) is 0 Å². The van der Waals surface area contributed by atoms with Gasteiger partial charge in [0.2, 0.25) is 10.0 Å². The predicted molar refractivity (Wildman–Crippen MR) is 81.6 cm³/mol. The summed E-state index contributed by atoms with van der Waals surface area (Å²) in [7, 11) is -1.57. The minimum atomic E-state index is -3.46. The molecule has 2 rings (SSSR count). The average Bonchev–Trinajstić information content (AvgIpc) is 2.98. The second kappa shape index (κ2) is 7.35. The van der Waals surface area contributed by atoms with Gasteiger partial charge in [0.1, 0.15) is 5.82 Å². The Kier molecular flexibility index (Phi) is 5.49. The lowest BCUT2D eigenvalue weighted by atomic mass is 10.1. The lowest BCUT2D eigenvalue weighted by Gasteiger charge is -2.07. The summed E-state index contributed by atoms with van der Waals surface area (Å²) in [6, 6.07) is 6.97. The zero-order valence-electron chi connectivity index (χ0n) is 12.0. The van der Waals surface area contributed by atoms with Gasteiger partial charge in [-0.05, 0) is 37.7 Å². The molecule has 1 heterocycles. The van der Waals surface area contributed by atoms with E-state index in [1.807, 2.05) is 19.2 Å². The summed E-state index contributed by atoms with van der Waals surface area (Å²) >= 11 is 0. The zero-order valence-corrected chi connectivity index (χ0v) is 12.8. The summed E-state index contributed by atoms with van der Waals surface area (Å²) in [5, 5.41) is 3.06. The number of aromatic amines is 1. The molecule has 21 heavy (non-hydrogen) atoms. The van der Waals surface area contributed by atoms with Gasteiger partial charge >= 0.3 is 0 Å². The van der Waals surface area contributed by atoms with Crippen molar-refractivity contribution >= 4 is 10.0 Å². The third-order valence-corrected chi connectivity index (χ3v) is 4.58. The molecule has 6 nitrogen and oxygen atoms in total. The Morgan fingerprint density at radius 3 is 2.52 bits per heavy atom. The van der Waals surface area contributed by atoms with Gasteiger partial charge in [0.15, 0.2) is 0 Å². The molecule has 0 saturated heterocycles. The van der Waals surface area contributed by atoms with Gasteiger partial charge in [-0.1, -0.05) is 12.1 Å². The van der Waals surface area contributed by atoms with Crippen LogP contribution < -0.4 is 10.0 Å². The van der Waals surface area contributed by atoms with Crippen LogP contribution in [-0.2, 0) is 22.9 Å². The second-order valence-electron chi connectivity index (χ2n) is 4.68. The molecular formula is C14H20N4O2S. The van der Waals surface area contributed by atoms with Crippen molar-refractivity contribution in [2.45, 2.75) is 17.7 Å². The fraction of sp³-hybridized carbons (Fsp3) is 0.357. The van der Waals surface area contributed by atoms with Crippen LogP contribution in [0, 0.1) is 0 Å². The van der Waals surface area contributed by atoms with Gasteiger partial charge in [-0.2, -0.15) is 0 Å². The van der Waals surface area contributed by atoms with Crippen molar-refractivity contribution in [1.82, 2.24) is 20.0 Å². The molecule has 0 atom stereocenters. The Hall–Kier alpha value is -1.70. The van der Waals surface area contributed by atoms with Crippen molar-refractivity contribution in [3.8, 4) is 0 Å². The first-order valence-corrected chi connectivity index (χ1v) is 8.31. The number of likely N-dealkylation sites (N-methyl/N-ethyl adjacent to an activating group) is 1. The number of benzene rings is 1. The molecule has 0 aliphatic heterocycles. The van der Waals surface area contributed by atoms with Crippen LogP contribution in [0.15, 0.2) is 41.6 Å². The first-order chi connectivity index (χ1) is 10.1. The topological polar surface area (TPSA) is 86.9 Å². The maximum Gasteiger partial charge on any atom is 0.240 e. The van der Waals surface area contributed by atoms with E-state index in [0.29, 0.717) is 13.0 Å². The van der Waals surface area contributed by atoms with E-state index in [4.69, 9.17) is 0 Å². The molecule has 1 aromatic heterocycles. The van der Waals surface area contributed by atoms with E-state index in [2.05, 4.69) is 20.0 Å². The first-order valence-electron chi connectivity index (χ1n) is 6.83. The maximum atomic E-state index is 12.1. The monoisotopic (exact) mass is 308 g/mol. The number of sulfonamides is 1. The number of rotatable bonds is 8. The molecular weight excluding hydrogens is 288 g/mol. The number of nitrogens with zero attached hydrogens (tertiary/aromatic N) is 1. The van der Waals surface area contributed by atoms with Crippen LogP contribution in [0.2, 0.25) is 0 Å². The number of H-pyrrole nitrogens is 1. The van der Waals surface area contributed by atoms with Crippen LogP contribution in [0.5, 0.6) is 0 Å². The minimum Gasteiger partial charge on any atom is -0.349 e. The fourth-order valence-electron chi connectivity index (χ4n) is 1.93. The third kappa shape index (κ3) is 4.66. The van der Waals surface area contributed by atoms with Gasteiger partial charge in [0.25, 0.3) is 0 Å². The van der Waals surface area contributed by atoms with Crippen molar-refractivity contribution in [3.05, 3.63) is 48.0 Å². The average molecular weight is 308 g/mol. The van der Waals surface area contributed by atoms with E-state index < -0.39 is 10.0 Å². The minimum absolute atomic E-state index is 0.287. The van der Waals surface area contributed by atoms with Crippen LogP contribution in [0.4, 0.5) is 0 Å². The molecule has 2 aromatic rings. The quantitative estimate of drug-likeness (QED) is 0.670. The molecule has 0 aliphatic rings. The standard InChI is InChI=1S/C14H20N4O2S/c1-15-8-6-12-2-4-13(5-3-12)21(19,20)18-9-7-14-16-10-11-17-14/h2-5,10-11,15,18H,6-9H2,1H3,(H,16,17). The molecule has 0 saturated carbocycles. The van der Waals surface area contributed by atoms with Gasteiger partial charge in [0, 0.05) is 25.4 Å². The Labute approximate surface area is 125 Å². The van der Waals surface area contributed by atoms with E-state index in [9.17, 15) is 8.42 Å². The Balaban J connectivity index is 1.92. The molecule has 7 heteroatoms. The van der Waals surface area contributed by atoms with Gasteiger partial charge in [-0.25, -0.2) is 18.1 Å². The molecule has 0 unspecified atom stereocenters. The molecule has 114 valence electrons. The molecule has 0 spiro atoms. The lowest BCUT2D eigenvalue weighted by Crippen LogP contribution is -2.26. The van der Waals surface area contributed by atoms with Crippen LogP contribution >= 0.6 is 0 Å².